The molecule has 0 aliphatic rings. The van der Waals surface area contributed by atoms with Crippen molar-refractivity contribution in [1.29, 1.82) is 0 Å². The van der Waals surface area contributed by atoms with E-state index in [1.807, 2.05) is 0 Å². The van der Waals surface area contributed by atoms with Gasteiger partial charge in [-0.15, -0.1) is 0 Å². The minimum Gasteiger partial charge on any atom is -0.299 e. The molecule has 0 atom stereocenters. The van der Waals surface area contributed by atoms with Gasteiger partial charge in [-0.3, -0.25) is 9.59 Å². The van der Waals surface area contributed by atoms with Gasteiger partial charge in [-0.25, -0.2) is 8.78 Å². The van der Waals surface area contributed by atoms with Gasteiger partial charge in [0.2, 0.25) is 5.78 Å². The second kappa shape index (κ2) is 5.82. The summed E-state index contributed by atoms with van der Waals surface area (Å²) >= 11 is 0. The molecule has 6 heteroatoms. The average Bonchev–Trinajstić information content (AvgIpc) is 2.14. The maximum absolute atomic E-state index is 12.4. The summed E-state index contributed by atoms with van der Waals surface area (Å²) in [4.78, 5) is 21.5. The molecule has 0 heterocycles. The molecule has 0 aromatic rings. The van der Waals surface area contributed by atoms with Crippen LogP contribution < -0.4 is 0 Å². The zero-order chi connectivity index (χ0) is 12.1. The second-order valence-electron chi connectivity index (χ2n) is 3.17. The molecular formula is C9H12F4O2. The van der Waals surface area contributed by atoms with Crippen LogP contribution in [0.1, 0.15) is 32.6 Å². The number of ketones is 2. The molecule has 0 aliphatic carbocycles. The first-order valence-corrected chi connectivity index (χ1v) is 4.53. The lowest BCUT2D eigenvalue weighted by molar-refractivity contribution is -0.167. The third kappa shape index (κ3) is 4.40. The third-order valence-electron chi connectivity index (χ3n) is 1.81. The average molecular weight is 228 g/mol. The zero-order valence-corrected chi connectivity index (χ0v) is 8.23. The van der Waals surface area contributed by atoms with Crippen molar-refractivity contribution in [3.05, 3.63) is 0 Å². The maximum Gasteiger partial charge on any atom is 0.364 e. The number of alkyl halides is 4. The number of carbonyl (C=O) groups excluding carboxylic acids is 2. The van der Waals surface area contributed by atoms with Crippen LogP contribution in [0.5, 0.6) is 0 Å². The van der Waals surface area contributed by atoms with Crippen LogP contribution in [0.25, 0.3) is 0 Å². The first kappa shape index (κ1) is 14.1. The summed E-state index contributed by atoms with van der Waals surface area (Å²) in [7, 11) is 0. The molecule has 0 rings (SSSR count). The SMILES string of the molecule is CCCCC(=O)CC(=O)C(F)(F)C(F)F. The van der Waals surface area contributed by atoms with Gasteiger partial charge in [0.05, 0.1) is 6.42 Å². The fourth-order valence-electron chi connectivity index (χ4n) is 0.881. The van der Waals surface area contributed by atoms with Gasteiger partial charge in [0.15, 0.2) is 0 Å². The van der Waals surface area contributed by atoms with Crippen molar-refractivity contribution in [2.24, 2.45) is 0 Å². The number of hydrogen-bond acceptors (Lipinski definition) is 2. The molecule has 0 aromatic carbocycles. The Bertz CT molecular complexity index is 238. The van der Waals surface area contributed by atoms with Gasteiger partial charge in [-0.2, -0.15) is 8.78 Å². The quantitative estimate of drug-likeness (QED) is 0.495. The smallest absolute Gasteiger partial charge is 0.299 e. The largest absolute Gasteiger partial charge is 0.364 e. The number of hydrogen-bond donors (Lipinski definition) is 0. The lowest BCUT2D eigenvalue weighted by Crippen LogP contribution is -2.37. The van der Waals surface area contributed by atoms with Gasteiger partial charge in [0.1, 0.15) is 5.78 Å². The number of halogens is 4. The van der Waals surface area contributed by atoms with Gasteiger partial charge in [0, 0.05) is 6.42 Å². The minimum atomic E-state index is -4.71. The maximum atomic E-state index is 12.4. The number of Topliss-reactive ketones (excluding diaryl/α,β-unsaturated/α-hetero) is 2. The molecule has 0 bridgehead atoms. The van der Waals surface area contributed by atoms with E-state index in [-0.39, 0.29) is 6.42 Å². The van der Waals surface area contributed by atoms with E-state index in [0.717, 1.165) is 0 Å². The Morgan fingerprint density at radius 1 is 1.27 bits per heavy atom. The van der Waals surface area contributed by atoms with Crippen molar-refractivity contribution in [1.82, 2.24) is 0 Å². The van der Waals surface area contributed by atoms with E-state index in [1.165, 1.54) is 0 Å². The van der Waals surface area contributed by atoms with Gasteiger partial charge in [0.25, 0.3) is 0 Å². The molecule has 0 unspecified atom stereocenters. The Kier molecular flexibility index (Phi) is 5.46. The highest BCUT2D eigenvalue weighted by Crippen LogP contribution is 2.25. The first-order valence-electron chi connectivity index (χ1n) is 4.53. The van der Waals surface area contributed by atoms with Crippen LogP contribution in [0, 0.1) is 0 Å². The van der Waals surface area contributed by atoms with E-state index in [1.54, 1.807) is 6.92 Å². The molecule has 0 saturated carbocycles. The predicted molar refractivity (Wildman–Crippen MR) is 45.1 cm³/mol. The fraction of sp³-hybridized carbons (Fsp3) is 0.778. The van der Waals surface area contributed by atoms with E-state index in [4.69, 9.17) is 0 Å². The zero-order valence-electron chi connectivity index (χ0n) is 8.23. The van der Waals surface area contributed by atoms with Crippen LogP contribution >= 0.6 is 0 Å². The van der Waals surface area contributed by atoms with Crippen LogP contribution in [-0.2, 0) is 9.59 Å². The molecule has 0 aliphatic heterocycles. The van der Waals surface area contributed by atoms with Crippen molar-refractivity contribution in [2.75, 3.05) is 0 Å². The Balaban J connectivity index is 4.19. The van der Waals surface area contributed by atoms with Crippen molar-refractivity contribution in [3.63, 3.8) is 0 Å². The van der Waals surface area contributed by atoms with Gasteiger partial charge < -0.3 is 0 Å². The monoisotopic (exact) mass is 228 g/mol. The molecule has 0 radical (unpaired) electrons. The molecular weight excluding hydrogens is 216 g/mol. The van der Waals surface area contributed by atoms with E-state index in [0.29, 0.717) is 12.8 Å². The highest BCUT2D eigenvalue weighted by molar-refractivity contribution is 6.02. The molecule has 0 fully saturated rings. The van der Waals surface area contributed by atoms with Crippen LogP contribution in [0.2, 0.25) is 0 Å². The molecule has 88 valence electrons. The summed E-state index contributed by atoms with van der Waals surface area (Å²) in [5.41, 5.74) is 0. The van der Waals surface area contributed by atoms with Crippen molar-refractivity contribution < 1.29 is 27.2 Å². The molecule has 0 spiro atoms. The lowest BCUT2D eigenvalue weighted by Gasteiger charge is -2.12. The van der Waals surface area contributed by atoms with Crippen LogP contribution in [0.4, 0.5) is 17.6 Å². The Hall–Kier alpha value is -0.940. The van der Waals surface area contributed by atoms with Crippen LogP contribution in [0.15, 0.2) is 0 Å². The van der Waals surface area contributed by atoms with Gasteiger partial charge in [-0.05, 0) is 6.42 Å². The number of rotatable bonds is 7. The standard InChI is InChI=1S/C9H12F4O2/c1-2-3-4-6(14)5-7(15)9(12,13)8(10)11/h8H,2-5H2,1H3. The minimum absolute atomic E-state index is 0.0262. The third-order valence-corrected chi connectivity index (χ3v) is 1.81. The molecule has 0 N–H and O–H groups in total. The fourth-order valence-corrected chi connectivity index (χ4v) is 0.881. The summed E-state index contributed by atoms with van der Waals surface area (Å²) in [6.07, 6.45) is -4.06. The molecule has 0 amide bonds. The highest BCUT2D eigenvalue weighted by Gasteiger charge is 2.48. The summed E-state index contributed by atoms with van der Waals surface area (Å²) in [5.74, 6) is -7.43. The Morgan fingerprint density at radius 2 is 1.80 bits per heavy atom. The molecule has 0 aromatic heterocycles. The molecule has 0 saturated heterocycles. The summed E-state index contributed by atoms with van der Waals surface area (Å²) in [6.45, 7) is 1.78. The topological polar surface area (TPSA) is 34.1 Å². The van der Waals surface area contributed by atoms with Crippen molar-refractivity contribution >= 4 is 11.6 Å². The lowest BCUT2D eigenvalue weighted by atomic mass is 10.1. The van der Waals surface area contributed by atoms with E-state index in [2.05, 4.69) is 0 Å². The molecule has 2 nitrogen and oxygen atoms in total. The van der Waals surface area contributed by atoms with E-state index < -0.39 is 30.3 Å². The highest BCUT2D eigenvalue weighted by atomic mass is 19.3. The van der Waals surface area contributed by atoms with E-state index in [9.17, 15) is 27.2 Å². The number of unbranched alkanes of at least 4 members (excludes halogenated alkanes) is 1. The normalized spacial score (nSPS) is 11.9. The Labute approximate surface area is 84.6 Å². The van der Waals surface area contributed by atoms with Crippen LogP contribution in [-0.4, -0.2) is 23.9 Å². The van der Waals surface area contributed by atoms with Crippen molar-refractivity contribution in [2.45, 2.75) is 45.0 Å². The first-order chi connectivity index (χ1) is 6.82. The second-order valence-corrected chi connectivity index (χ2v) is 3.17. The number of carbonyl (C=O) groups is 2. The van der Waals surface area contributed by atoms with Crippen LogP contribution in [0.3, 0.4) is 0 Å². The summed E-state index contributed by atoms with van der Waals surface area (Å²) in [6, 6.07) is 0. The summed E-state index contributed by atoms with van der Waals surface area (Å²) < 4.78 is 48.1. The van der Waals surface area contributed by atoms with Crippen molar-refractivity contribution in [3.8, 4) is 0 Å². The molecule has 15 heavy (non-hydrogen) atoms. The predicted octanol–water partition coefficient (Wildman–Crippen LogP) is 2.61. The van der Waals surface area contributed by atoms with E-state index >= 15 is 0 Å². The Morgan fingerprint density at radius 3 is 2.20 bits per heavy atom. The summed E-state index contributed by atoms with van der Waals surface area (Å²) in [5, 5.41) is 0. The van der Waals surface area contributed by atoms with Gasteiger partial charge >= 0.3 is 12.3 Å². The van der Waals surface area contributed by atoms with Gasteiger partial charge in [-0.1, -0.05) is 13.3 Å².